The molecule has 2 rings (SSSR count). The van der Waals surface area contributed by atoms with Crippen LogP contribution < -0.4 is 5.73 Å². The van der Waals surface area contributed by atoms with E-state index in [4.69, 9.17) is 5.73 Å². The third-order valence-corrected chi connectivity index (χ3v) is 2.01. The van der Waals surface area contributed by atoms with Crippen LogP contribution >= 0.6 is 0 Å². The smallest absolute Gasteiger partial charge is 0.177 e. The largest absolute Gasteiger partial charge is 0.324 e. The van der Waals surface area contributed by atoms with Gasteiger partial charge in [0.25, 0.3) is 0 Å². The Balaban J connectivity index is 2.56. The van der Waals surface area contributed by atoms with Crippen molar-refractivity contribution in [2.45, 2.75) is 0 Å². The molecule has 0 aliphatic rings. The van der Waals surface area contributed by atoms with Crippen molar-refractivity contribution in [3.8, 4) is 0 Å². The van der Waals surface area contributed by atoms with Gasteiger partial charge >= 0.3 is 0 Å². The summed E-state index contributed by atoms with van der Waals surface area (Å²) in [7, 11) is 0. The molecule has 66 valence electrons. The summed E-state index contributed by atoms with van der Waals surface area (Å²) in [5, 5.41) is 0. The van der Waals surface area contributed by atoms with E-state index in [0.29, 0.717) is 5.56 Å². The highest BCUT2D eigenvalue weighted by Gasteiger charge is 2.05. The molecule has 3 nitrogen and oxygen atoms in total. The molecule has 0 aliphatic carbocycles. The minimum Gasteiger partial charge on any atom is -0.324 e. The molecule has 2 aromatic heterocycles. The van der Waals surface area contributed by atoms with Crippen LogP contribution in [0.1, 0.15) is 10.4 Å². The first-order chi connectivity index (χ1) is 6.31. The third-order valence-electron chi connectivity index (χ3n) is 2.01. The van der Waals surface area contributed by atoms with Crippen LogP contribution in [0.3, 0.4) is 0 Å². The number of fused-ring (bicyclic) bond motifs is 1. The van der Waals surface area contributed by atoms with Crippen LogP contribution in [-0.4, -0.2) is 16.7 Å². The Morgan fingerprint density at radius 3 is 3.00 bits per heavy atom. The summed E-state index contributed by atoms with van der Waals surface area (Å²) in [6.45, 7) is 0.0664. The molecular weight excluding hydrogens is 164 g/mol. The number of ketones is 1. The number of nitrogens with two attached hydrogens (primary N) is 1. The highest BCUT2D eigenvalue weighted by atomic mass is 16.1. The Morgan fingerprint density at radius 1 is 1.46 bits per heavy atom. The Kier molecular flexibility index (Phi) is 1.87. The third kappa shape index (κ3) is 1.34. The zero-order valence-corrected chi connectivity index (χ0v) is 7.10. The van der Waals surface area contributed by atoms with E-state index in [1.807, 2.05) is 34.9 Å². The van der Waals surface area contributed by atoms with Crippen molar-refractivity contribution in [1.82, 2.24) is 4.40 Å². The molecule has 0 radical (unpaired) electrons. The first-order valence-corrected chi connectivity index (χ1v) is 4.11. The van der Waals surface area contributed by atoms with E-state index >= 15 is 0 Å². The van der Waals surface area contributed by atoms with E-state index in [1.165, 1.54) is 0 Å². The Bertz CT molecular complexity index is 412. The van der Waals surface area contributed by atoms with Crippen molar-refractivity contribution < 1.29 is 4.79 Å². The van der Waals surface area contributed by atoms with E-state index < -0.39 is 0 Å². The number of hydrogen-bond acceptors (Lipinski definition) is 2. The minimum absolute atomic E-state index is 0.0244. The molecule has 0 aromatic carbocycles. The van der Waals surface area contributed by atoms with Crippen LogP contribution in [0, 0.1) is 0 Å². The first kappa shape index (κ1) is 8.01. The molecule has 0 saturated heterocycles. The van der Waals surface area contributed by atoms with Gasteiger partial charge in [-0.2, -0.15) is 0 Å². The summed E-state index contributed by atoms with van der Waals surface area (Å²) < 4.78 is 1.91. The lowest BCUT2D eigenvalue weighted by atomic mass is 10.2. The molecule has 3 heteroatoms. The Morgan fingerprint density at radius 2 is 2.31 bits per heavy atom. The van der Waals surface area contributed by atoms with Gasteiger partial charge in [-0.15, -0.1) is 0 Å². The van der Waals surface area contributed by atoms with Crippen LogP contribution in [0.15, 0.2) is 36.7 Å². The molecular formula is C10H10N2O. The summed E-state index contributed by atoms with van der Waals surface area (Å²) in [5.41, 5.74) is 6.96. The average Bonchev–Trinajstić information content (AvgIpc) is 2.59. The lowest BCUT2D eigenvalue weighted by molar-refractivity contribution is 0.100. The van der Waals surface area contributed by atoms with E-state index in [1.54, 1.807) is 6.20 Å². The number of Topliss-reactive ketones (excluding diaryl/α,β-unsaturated/α-hetero) is 1. The predicted octanol–water partition coefficient (Wildman–Crippen LogP) is 1.08. The van der Waals surface area contributed by atoms with Crippen molar-refractivity contribution in [3.63, 3.8) is 0 Å². The maximum absolute atomic E-state index is 11.2. The van der Waals surface area contributed by atoms with Crippen molar-refractivity contribution >= 4 is 11.3 Å². The maximum atomic E-state index is 11.2. The molecule has 0 fully saturated rings. The number of rotatable bonds is 2. The van der Waals surface area contributed by atoms with Crippen molar-refractivity contribution in [1.29, 1.82) is 0 Å². The van der Waals surface area contributed by atoms with Gasteiger partial charge in [-0.05, 0) is 18.2 Å². The van der Waals surface area contributed by atoms with E-state index in [9.17, 15) is 4.79 Å². The molecule has 13 heavy (non-hydrogen) atoms. The van der Waals surface area contributed by atoms with Gasteiger partial charge in [-0.3, -0.25) is 4.79 Å². The van der Waals surface area contributed by atoms with Crippen LogP contribution in [-0.2, 0) is 0 Å². The van der Waals surface area contributed by atoms with Gasteiger partial charge < -0.3 is 10.1 Å². The fourth-order valence-electron chi connectivity index (χ4n) is 1.33. The van der Waals surface area contributed by atoms with Crippen molar-refractivity contribution in [2.24, 2.45) is 5.73 Å². The van der Waals surface area contributed by atoms with Crippen LogP contribution in [0.4, 0.5) is 0 Å². The van der Waals surface area contributed by atoms with Crippen molar-refractivity contribution in [2.75, 3.05) is 6.54 Å². The molecule has 2 heterocycles. The number of nitrogens with zero attached hydrogens (tertiary/aromatic N) is 1. The van der Waals surface area contributed by atoms with E-state index in [0.717, 1.165) is 5.52 Å². The quantitative estimate of drug-likeness (QED) is 0.692. The standard InChI is InChI=1S/C10H10N2O/c11-6-10(13)8-5-9-3-1-2-4-12(9)7-8/h1-5,7H,6,11H2. The normalized spacial score (nSPS) is 10.5. The fraction of sp³-hybridized carbons (Fsp3) is 0.100. The molecule has 0 atom stereocenters. The highest BCUT2D eigenvalue weighted by molar-refractivity contribution is 5.98. The zero-order chi connectivity index (χ0) is 9.26. The van der Waals surface area contributed by atoms with Crippen LogP contribution in [0.2, 0.25) is 0 Å². The lowest BCUT2D eigenvalue weighted by Gasteiger charge is -1.89. The molecule has 0 unspecified atom stereocenters. The Labute approximate surface area is 75.8 Å². The number of pyridine rings is 1. The van der Waals surface area contributed by atoms with E-state index in [2.05, 4.69) is 0 Å². The maximum Gasteiger partial charge on any atom is 0.177 e. The van der Waals surface area contributed by atoms with Gasteiger partial charge in [0.15, 0.2) is 5.78 Å². The second kappa shape index (κ2) is 3.03. The Hall–Kier alpha value is -1.61. The number of hydrogen-bond donors (Lipinski definition) is 1. The monoisotopic (exact) mass is 174 g/mol. The lowest BCUT2D eigenvalue weighted by Crippen LogP contribution is -2.12. The molecule has 2 N–H and O–H groups in total. The number of carbonyl (C=O) groups excluding carboxylic acids is 1. The average molecular weight is 174 g/mol. The predicted molar refractivity (Wildman–Crippen MR) is 50.8 cm³/mol. The van der Waals surface area contributed by atoms with Gasteiger partial charge in [0.05, 0.1) is 6.54 Å². The van der Waals surface area contributed by atoms with Gasteiger partial charge in [0.1, 0.15) is 0 Å². The molecule has 0 saturated carbocycles. The second-order valence-electron chi connectivity index (χ2n) is 2.89. The van der Waals surface area contributed by atoms with Gasteiger partial charge in [0.2, 0.25) is 0 Å². The number of carbonyl (C=O) groups is 1. The molecule has 0 bridgehead atoms. The van der Waals surface area contributed by atoms with E-state index in [-0.39, 0.29) is 12.3 Å². The second-order valence-corrected chi connectivity index (χ2v) is 2.89. The molecule has 0 amide bonds. The molecule has 0 spiro atoms. The first-order valence-electron chi connectivity index (χ1n) is 4.11. The van der Waals surface area contributed by atoms with Gasteiger partial charge in [-0.25, -0.2) is 0 Å². The van der Waals surface area contributed by atoms with Crippen LogP contribution in [0.5, 0.6) is 0 Å². The molecule has 0 aliphatic heterocycles. The summed E-state index contributed by atoms with van der Waals surface area (Å²) >= 11 is 0. The minimum atomic E-state index is -0.0244. The fourth-order valence-corrected chi connectivity index (χ4v) is 1.33. The van der Waals surface area contributed by atoms with Crippen molar-refractivity contribution in [3.05, 3.63) is 42.2 Å². The SMILES string of the molecule is NCC(=O)c1cc2ccccn2c1. The zero-order valence-electron chi connectivity index (χ0n) is 7.10. The summed E-state index contributed by atoms with van der Waals surface area (Å²) in [6, 6.07) is 7.65. The number of aromatic nitrogens is 1. The highest BCUT2D eigenvalue weighted by Crippen LogP contribution is 2.09. The topological polar surface area (TPSA) is 47.5 Å². The van der Waals surface area contributed by atoms with Crippen LogP contribution in [0.25, 0.3) is 5.52 Å². The van der Waals surface area contributed by atoms with Gasteiger partial charge in [0, 0.05) is 23.5 Å². The molecule has 2 aromatic rings. The van der Waals surface area contributed by atoms with Gasteiger partial charge in [-0.1, -0.05) is 6.07 Å². The summed E-state index contributed by atoms with van der Waals surface area (Å²) in [6.07, 6.45) is 3.70. The summed E-state index contributed by atoms with van der Waals surface area (Å²) in [5.74, 6) is -0.0244. The summed E-state index contributed by atoms with van der Waals surface area (Å²) in [4.78, 5) is 11.2.